The van der Waals surface area contributed by atoms with Crippen LogP contribution in [0.25, 0.3) is 11.4 Å². The maximum atomic E-state index is 11.2. The van der Waals surface area contributed by atoms with Crippen LogP contribution in [0.1, 0.15) is 82.9 Å². The van der Waals surface area contributed by atoms with E-state index in [0.29, 0.717) is 17.2 Å². The molecule has 0 atom stereocenters. The molecule has 0 amide bonds. The van der Waals surface area contributed by atoms with Crippen molar-refractivity contribution in [3.8, 4) is 11.4 Å². The molecule has 310 valence electrons. The van der Waals surface area contributed by atoms with Gasteiger partial charge in [-0.1, -0.05) is 56.8 Å². The number of imidazole rings is 3. The van der Waals surface area contributed by atoms with Crippen LogP contribution in [-0.4, -0.2) is 69.6 Å². The van der Waals surface area contributed by atoms with Gasteiger partial charge in [-0.2, -0.15) is 19.9 Å². The van der Waals surface area contributed by atoms with E-state index < -0.39 is 5.97 Å². The van der Waals surface area contributed by atoms with Gasteiger partial charge in [-0.25, -0.2) is 29.7 Å². The van der Waals surface area contributed by atoms with Crippen molar-refractivity contribution in [3.05, 3.63) is 137 Å². The molecule has 16 heteroatoms. The van der Waals surface area contributed by atoms with E-state index in [4.69, 9.17) is 11.5 Å². The maximum Gasteiger partial charge on any atom is 0.335 e. The number of carboxylic acids is 1. The molecule has 59 heavy (non-hydrogen) atoms. The van der Waals surface area contributed by atoms with Crippen LogP contribution in [-0.2, 0) is 45.3 Å². The molecule has 0 saturated heterocycles. The lowest BCUT2D eigenvalue weighted by Gasteiger charge is -2.09. The molecule has 0 fully saturated rings. The van der Waals surface area contributed by atoms with Crippen molar-refractivity contribution in [2.24, 2.45) is 0 Å². The Kier molecular flexibility index (Phi) is 16.4. The van der Waals surface area contributed by atoms with Crippen LogP contribution >= 0.6 is 0 Å². The number of nitrogens with two attached hydrogens (primary N) is 2. The normalized spacial score (nSPS) is 10.5. The predicted octanol–water partition coefficient (Wildman–Crippen LogP) is 6.41. The van der Waals surface area contributed by atoms with Gasteiger partial charge in [0.05, 0.1) is 11.3 Å². The second kappa shape index (κ2) is 21.6. The number of nitrogen functional groups attached to an aromatic ring is 2. The first-order valence-electron chi connectivity index (χ1n) is 19.2. The van der Waals surface area contributed by atoms with E-state index in [1.807, 2.05) is 83.5 Å². The Labute approximate surface area is 346 Å². The smallest absolute Gasteiger partial charge is 0.335 e. The van der Waals surface area contributed by atoms with Crippen molar-refractivity contribution in [2.75, 3.05) is 11.5 Å². The van der Waals surface area contributed by atoms with Crippen LogP contribution in [0.5, 0.6) is 0 Å². The first kappa shape index (κ1) is 44.9. The van der Waals surface area contributed by atoms with Crippen LogP contribution < -0.4 is 11.5 Å². The van der Waals surface area contributed by atoms with E-state index in [0.717, 1.165) is 103 Å². The van der Waals surface area contributed by atoms with Crippen LogP contribution in [0.3, 0.4) is 0 Å². The Hall–Kier alpha value is -6.84. The number of hydrogen-bond donors (Lipinski definition) is 3. The third kappa shape index (κ3) is 13.4. The standard InChI is InChI=1S/C20H20N2O2.C12H18N6.C10H14N6.CH4/c1-15-9-10-16(14-18(15)20(23)24)6-5-12-22-13-11-21-19(22)17-7-3-2-4-8-17;1-4-11-14-8(2)7-18(11)6-5-10-15-9(3)16-12(13)17-10;1-7-13-9(15-10(11)14-7)3-5-16-6-4-12-8(16)2;/h2-4,7-11,13-14H,5-6,12H2,1H3,(H,23,24);7H,4-6H2,1-3H3,(H2,13,15,16,17);4,6H,3,5H2,1-2H3,(H2,11,13,14,15);1H4. The molecule has 5 aromatic heterocycles. The number of aryl methyl sites for hydroxylation is 12. The maximum absolute atomic E-state index is 11.2. The lowest BCUT2D eigenvalue weighted by Crippen LogP contribution is -2.10. The first-order chi connectivity index (χ1) is 27.9. The van der Waals surface area contributed by atoms with Gasteiger partial charge in [-0.15, -0.1) is 0 Å². The Bertz CT molecular complexity index is 2360. The molecule has 0 aliphatic rings. The minimum atomic E-state index is -0.865. The average molecular weight is 801 g/mol. The summed E-state index contributed by atoms with van der Waals surface area (Å²) in [7, 11) is 0. The average Bonchev–Trinajstić information content (AvgIpc) is 3.93. The van der Waals surface area contributed by atoms with Gasteiger partial charge in [0.15, 0.2) is 0 Å². The molecule has 7 aromatic rings. The van der Waals surface area contributed by atoms with E-state index in [9.17, 15) is 9.90 Å². The van der Waals surface area contributed by atoms with Gasteiger partial charge in [0.1, 0.15) is 40.8 Å². The van der Waals surface area contributed by atoms with Gasteiger partial charge in [0, 0.05) is 75.4 Å². The van der Waals surface area contributed by atoms with Gasteiger partial charge >= 0.3 is 5.97 Å². The third-order valence-electron chi connectivity index (χ3n) is 9.14. The topological polar surface area (TPSA) is 220 Å². The first-order valence-corrected chi connectivity index (χ1v) is 19.2. The Morgan fingerprint density at radius 3 is 1.88 bits per heavy atom. The monoisotopic (exact) mass is 800 g/mol. The molecule has 0 bridgehead atoms. The van der Waals surface area contributed by atoms with E-state index in [2.05, 4.69) is 83.8 Å². The third-order valence-corrected chi connectivity index (χ3v) is 9.14. The lowest BCUT2D eigenvalue weighted by molar-refractivity contribution is 0.0696. The van der Waals surface area contributed by atoms with Crippen molar-refractivity contribution in [1.29, 1.82) is 0 Å². The van der Waals surface area contributed by atoms with Crippen LogP contribution in [0.15, 0.2) is 79.5 Å². The highest BCUT2D eigenvalue weighted by atomic mass is 16.4. The molecule has 0 saturated carbocycles. The summed E-state index contributed by atoms with van der Waals surface area (Å²) in [6.07, 6.45) is 13.7. The van der Waals surface area contributed by atoms with Gasteiger partial charge in [0.2, 0.25) is 11.9 Å². The number of anilines is 2. The molecule has 7 rings (SSSR count). The van der Waals surface area contributed by atoms with Gasteiger partial charge in [-0.05, 0) is 64.7 Å². The molecule has 2 aromatic carbocycles. The molecular formula is C43H56N14O2. The molecule has 0 spiro atoms. The second-order valence-corrected chi connectivity index (χ2v) is 13.7. The number of aromatic carboxylic acids is 1. The lowest BCUT2D eigenvalue weighted by atomic mass is 10.0. The summed E-state index contributed by atoms with van der Waals surface area (Å²) < 4.78 is 6.33. The van der Waals surface area contributed by atoms with Crippen molar-refractivity contribution in [1.82, 2.24) is 58.6 Å². The summed E-state index contributed by atoms with van der Waals surface area (Å²) in [5, 5.41) is 9.22. The van der Waals surface area contributed by atoms with E-state index in [-0.39, 0.29) is 19.3 Å². The number of benzene rings is 2. The molecule has 5 heterocycles. The molecule has 0 radical (unpaired) electrons. The number of carboxylic acid groups (broad SMARTS) is 1. The van der Waals surface area contributed by atoms with Crippen LogP contribution in [0.2, 0.25) is 0 Å². The molecular weight excluding hydrogens is 745 g/mol. The largest absolute Gasteiger partial charge is 0.478 e. The zero-order chi connectivity index (χ0) is 41.6. The van der Waals surface area contributed by atoms with Crippen molar-refractivity contribution in [2.45, 2.75) is 101 Å². The summed E-state index contributed by atoms with van der Waals surface area (Å²) in [6, 6.07) is 15.8. The Morgan fingerprint density at radius 1 is 0.695 bits per heavy atom. The van der Waals surface area contributed by atoms with Crippen LogP contribution in [0.4, 0.5) is 11.9 Å². The SMILES string of the molecule is C.CCc1nc(C)cn1CCc1nc(C)nc(N)n1.Cc1ccc(CCCn2ccnc2-c2ccccc2)cc1C(=O)O.Cc1nc(N)nc(CCn2ccnc2C)n1. The predicted molar refractivity (Wildman–Crippen MR) is 230 cm³/mol. The quantitative estimate of drug-likeness (QED) is 0.115. The minimum Gasteiger partial charge on any atom is -0.478 e. The fraction of sp³-hybridized carbons (Fsp3) is 0.349. The van der Waals surface area contributed by atoms with Gasteiger partial charge in [-0.3, -0.25) is 0 Å². The summed E-state index contributed by atoms with van der Waals surface area (Å²) in [4.78, 5) is 48.9. The van der Waals surface area contributed by atoms with E-state index >= 15 is 0 Å². The molecule has 0 aliphatic heterocycles. The summed E-state index contributed by atoms with van der Waals surface area (Å²) in [5.74, 6) is 5.51. The van der Waals surface area contributed by atoms with Gasteiger partial charge in [0.25, 0.3) is 0 Å². The zero-order valence-electron chi connectivity index (χ0n) is 34.0. The molecule has 5 N–H and O–H groups in total. The van der Waals surface area contributed by atoms with Crippen molar-refractivity contribution < 1.29 is 9.90 Å². The summed E-state index contributed by atoms with van der Waals surface area (Å²) >= 11 is 0. The fourth-order valence-corrected chi connectivity index (χ4v) is 6.34. The molecule has 16 nitrogen and oxygen atoms in total. The molecule has 0 unspecified atom stereocenters. The van der Waals surface area contributed by atoms with E-state index in [1.54, 1.807) is 12.3 Å². The number of carbonyl (C=O) groups is 1. The Balaban J connectivity index is 0.000000199. The zero-order valence-corrected chi connectivity index (χ0v) is 34.0. The number of rotatable bonds is 13. The minimum absolute atomic E-state index is 0. The highest BCUT2D eigenvalue weighted by Crippen LogP contribution is 2.18. The summed E-state index contributed by atoms with van der Waals surface area (Å²) in [5.41, 5.74) is 15.5. The van der Waals surface area contributed by atoms with Crippen LogP contribution in [0, 0.1) is 34.6 Å². The second-order valence-electron chi connectivity index (χ2n) is 13.7. The number of aromatic nitrogens is 12. The fourth-order valence-electron chi connectivity index (χ4n) is 6.34. The van der Waals surface area contributed by atoms with E-state index in [1.165, 1.54) is 0 Å². The van der Waals surface area contributed by atoms with Gasteiger partial charge < -0.3 is 30.3 Å². The number of hydrogen-bond acceptors (Lipinski definition) is 12. The highest BCUT2D eigenvalue weighted by Gasteiger charge is 2.10. The highest BCUT2D eigenvalue weighted by molar-refractivity contribution is 5.89. The number of nitrogens with zero attached hydrogens (tertiary/aromatic N) is 12. The Morgan fingerprint density at radius 2 is 1.31 bits per heavy atom. The molecule has 0 aliphatic carbocycles. The van der Waals surface area contributed by atoms with Crippen molar-refractivity contribution in [3.63, 3.8) is 0 Å². The van der Waals surface area contributed by atoms with Crippen molar-refractivity contribution >= 4 is 17.9 Å². The summed E-state index contributed by atoms with van der Waals surface area (Å²) in [6.45, 7) is 14.0.